The van der Waals surface area contributed by atoms with E-state index in [4.69, 9.17) is 4.74 Å². The van der Waals surface area contributed by atoms with Gasteiger partial charge in [-0.1, -0.05) is 0 Å². The van der Waals surface area contributed by atoms with Crippen molar-refractivity contribution in [2.45, 2.75) is 19.8 Å². The number of hydrogen-bond donors (Lipinski definition) is 1. The van der Waals surface area contributed by atoms with Crippen molar-refractivity contribution in [3.05, 3.63) is 65.5 Å². The van der Waals surface area contributed by atoms with Gasteiger partial charge in [-0.2, -0.15) is 10.2 Å². The lowest BCUT2D eigenvalue weighted by Gasteiger charge is -2.30. The number of aryl methyl sites for hydroxylation is 1. The van der Waals surface area contributed by atoms with Gasteiger partial charge in [0.1, 0.15) is 11.6 Å². The lowest BCUT2D eigenvalue weighted by atomic mass is 10.1. The van der Waals surface area contributed by atoms with Crippen LogP contribution < -0.4 is 15.0 Å². The second-order valence-electron chi connectivity index (χ2n) is 7.61. The van der Waals surface area contributed by atoms with Crippen LogP contribution in [0.2, 0.25) is 0 Å². The number of nitrogens with zero attached hydrogens (tertiary/aromatic N) is 4. The van der Waals surface area contributed by atoms with Gasteiger partial charge >= 0.3 is 6.36 Å². The monoisotopic (exact) mass is 473 g/mol. The van der Waals surface area contributed by atoms with Crippen LogP contribution in [0.5, 0.6) is 5.75 Å². The van der Waals surface area contributed by atoms with Crippen molar-refractivity contribution in [3.8, 4) is 17.0 Å². The van der Waals surface area contributed by atoms with E-state index in [1.165, 1.54) is 36.5 Å². The third kappa shape index (κ3) is 5.79. The number of aromatic nitrogens is 3. The Morgan fingerprint density at radius 1 is 1.18 bits per heavy atom. The molecular weight excluding hydrogens is 451 g/mol. The summed E-state index contributed by atoms with van der Waals surface area (Å²) in [6.45, 7) is 4.92. The average Bonchev–Trinajstić information content (AvgIpc) is 2.83. The molecule has 3 heterocycles. The average molecular weight is 473 g/mol. The number of carbonyl (C=O) groups excluding carboxylic acids is 1. The standard InChI is InChI=1S/C23H22F3N5O3/c1-15-6-7-27-21(31-8-10-33-11-9-31)19(15)14-28-22(32)17-12-20(30-29-13-17)16-2-4-18(5-3-16)34-23(24,25)26/h2-7,12-13H,8-11,14H2,1H3,(H,28,32). The SMILES string of the molecule is Cc1ccnc(N2CCOCC2)c1CNC(=O)c1cnnc(-c2ccc(OC(F)(F)F)cc2)c1. The second kappa shape index (κ2) is 10.0. The molecule has 3 aromatic rings. The summed E-state index contributed by atoms with van der Waals surface area (Å²) in [4.78, 5) is 19.5. The fraction of sp³-hybridized carbons (Fsp3) is 0.304. The molecule has 178 valence electrons. The molecule has 1 aromatic carbocycles. The maximum absolute atomic E-state index is 12.8. The Bertz CT molecular complexity index is 1150. The number of hydrogen-bond acceptors (Lipinski definition) is 7. The number of rotatable bonds is 6. The van der Waals surface area contributed by atoms with Crippen molar-refractivity contribution in [2.24, 2.45) is 0 Å². The Morgan fingerprint density at radius 3 is 2.62 bits per heavy atom. The minimum atomic E-state index is -4.77. The minimum Gasteiger partial charge on any atom is -0.406 e. The van der Waals surface area contributed by atoms with E-state index in [9.17, 15) is 18.0 Å². The van der Waals surface area contributed by atoms with Crippen LogP contribution in [0, 0.1) is 6.92 Å². The molecule has 1 amide bonds. The number of benzene rings is 1. The number of ether oxygens (including phenoxy) is 2. The van der Waals surface area contributed by atoms with Gasteiger partial charge in [-0.05, 0) is 48.9 Å². The first-order valence-electron chi connectivity index (χ1n) is 10.5. The molecular formula is C23H22F3N5O3. The van der Waals surface area contributed by atoms with Crippen molar-refractivity contribution in [1.82, 2.24) is 20.5 Å². The number of pyridine rings is 1. The molecule has 11 heteroatoms. The highest BCUT2D eigenvalue weighted by atomic mass is 19.4. The fourth-order valence-electron chi connectivity index (χ4n) is 3.57. The predicted octanol–water partition coefficient (Wildman–Crippen LogP) is 3.51. The number of morpholine rings is 1. The molecule has 0 unspecified atom stereocenters. The van der Waals surface area contributed by atoms with Crippen molar-refractivity contribution in [2.75, 3.05) is 31.2 Å². The summed E-state index contributed by atoms with van der Waals surface area (Å²) in [7, 11) is 0. The Morgan fingerprint density at radius 2 is 1.91 bits per heavy atom. The number of alkyl halides is 3. The van der Waals surface area contributed by atoms with Crippen molar-refractivity contribution in [3.63, 3.8) is 0 Å². The molecule has 0 radical (unpaired) electrons. The van der Waals surface area contributed by atoms with Crippen molar-refractivity contribution < 1.29 is 27.4 Å². The van der Waals surface area contributed by atoms with Crippen LogP contribution in [0.3, 0.4) is 0 Å². The molecule has 4 rings (SSSR count). The van der Waals surface area contributed by atoms with E-state index >= 15 is 0 Å². The van der Waals surface area contributed by atoms with Crippen LogP contribution in [0.15, 0.2) is 48.8 Å². The number of anilines is 1. The summed E-state index contributed by atoms with van der Waals surface area (Å²) in [6, 6.07) is 8.61. The van der Waals surface area contributed by atoms with Crippen molar-refractivity contribution >= 4 is 11.7 Å². The van der Waals surface area contributed by atoms with Gasteiger partial charge in [0.25, 0.3) is 5.91 Å². The molecule has 34 heavy (non-hydrogen) atoms. The summed E-state index contributed by atoms with van der Waals surface area (Å²) in [6.07, 6.45) is -1.69. The van der Waals surface area contributed by atoms with Gasteiger partial charge in [-0.15, -0.1) is 13.2 Å². The Balaban J connectivity index is 1.47. The molecule has 1 fully saturated rings. The fourth-order valence-corrected chi connectivity index (χ4v) is 3.57. The first-order valence-corrected chi connectivity index (χ1v) is 10.5. The summed E-state index contributed by atoms with van der Waals surface area (Å²) in [5.74, 6) is 0.115. The van der Waals surface area contributed by atoms with E-state index in [0.717, 1.165) is 30.0 Å². The van der Waals surface area contributed by atoms with Crippen LogP contribution in [-0.4, -0.2) is 53.8 Å². The van der Waals surface area contributed by atoms with Crippen LogP contribution in [0.4, 0.5) is 19.0 Å². The van der Waals surface area contributed by atoms with Gasteiger partial charge in [0.2, 0.25) is 0 Å². The maximum Gasteiger partial charge on any atom is 0.573 e. The van der Waals surface area contributed by atoms with Crippen molar-refractivity contribution in [1.29, 1.82) is 0 Å². The molecule has 1 saturated heterocycles. The zero-order valence-corrected chi connectivity index (χ0v) is 18.3. The number of nitrogens with one attached hydrogen (secondary N) is 1. The van der Waals surface area contributed by atoms with E-state index < -0.39 is 6.36 Å². The molecule has 0 bridgehead atoms. The molecule has 0 spiro atoms. The highest BCUT2D eigenvalue weighted by Gasteiger charge is 2.31. The molecule has 1 N–H and O–H groups in total. The Hall–Kier alpha value is -3.73. The normalized spacial score (nSPS) is 14.1. The number of amides is 1. The third-order valence-electron chi connectivity index (χ3n) is 5.30. The highest BCUT2D eigenvalue weighted by Crippen LogP contribution is 2.26. The molecule has 1 aliphatic rings. The third-order valence-corrected chi connectivity index (χ3v) is 5.30. The summed E-state index contributed by atoms with van der Waals surface area (Å²) in [5.41, 5.74) is 3.04. The van der Waals surface area contributed by atoms with Gasteiger partial charge < -0.3 is 19.7 Å². The Kier molecular flexibility index (Phi) is 6.92. The number of halogens is 3. The molecule has 1 aliphatic heterocycles. The quantitative estimate of drug-likeness (QED) is 0.586. The van der Waals surface area contributed by atoms with Crippen LogP contribution >= 0.6 is 0 Å². The maximum atomic E-state index is 12.8. The van der Waals surface area contributed by atoms with Gasteiger partial charge in [0, 0.05) is 37.0 Å². The molecule has 0 atom stereocenters. The zero-order valence-electron chi connectivity index (χ0n) is 18.3. The van der Waals surface area contributed by atoms with E-state index in [2.05, 4.69) is 30.1 Å². The predicted molar refractivity (Wildman–Crippen MR) is 117 cm³/mol. The number of carbonyl (C=O) groups is 1. The first kappa shape index (κ1) is 23.4. The van der Waals surface area contributed by atoms with E-state index in [0.29, 0.717) is 24.5 Å². The minimum absolute atomic E-state index is 0.270. The van der Waals surface area contributed by atoms with Gasteiger partial charge in [0.15, 0.2) is 0 Å². The smallest absolute Gasteiger partial charge is 0.406 e. The first-order chi connectivity index (χ1) is 16.3. The second-order valence-corrected chi connectivity index (χ2v) is 7.61. The van der Waals surface area contributed by atoms with Crippen LogP contribution in [0.1, 0.15) is 21.5 Å². The van der Waals surface area contributed by atoms with Crippen LogP contribution in [-0.2, 0) is 11.3 Å². The van der Waals surface area contributed by atoms with Gasteiger partial charge in [0.05, 0.1) is 30.7 Å². The summed E-state index contributed by atoms with van der Waals surface area (Å²) < 4.78 is 46.4. The van der Waals surface area contributed by atoms with E-state index in [1.54, 1.807) is 6.20 Å². The Labute approximate surface area is 193 Å². The topological polar surface area (TPSA) is 89.5 Å². The largest absolute Gasteiger partial charge is 0.573 e. The molecule has 0 saturated carbocycles. The molecule has 8 nitrogen and oxygen atoms in total. The van der Waals surface area contributed by atoms with E-state index in [-0.39, 0.29) is 23.8 Å². The van der Waals surface area contributed by atoms with Gasteiger partial charge in [-0.25, -0.2) is 4.98 Å². The van der Waals surface area contributed by atoms with E-state index in [1.807, 2.05) is 13.0 Å². The van der Waals surface area contributed by atoms with Gasteiger partial charge in [-0.3, -0.25) is 4.79 Å². The molecule has 0 aliphatic carbocycles. The molecule has 2 aromatic heterocycles. The zero-order chi connectivity index (χ0) is 24.1. The summed E-state index contributed by atoms with van der Waals surface area (Å²) >= 11 is 0. The lowest BCUT2D eigenvalue weighted by molar-refractivity contribution is -0.274. The highest BCUT2D eigenvalue weighted by molar-refractivity contribution is 5.94. The van der Waals surface area contributed by atoms with Crippen LogP contribution in [0.25, 0.3) is 11.3 Å². The summed E-state index contributed by atoms with van der Waals surface area (Å²) in [5, 5.41) is 10.8. The lowest BCUT2D eigenvalue weighted by Crippen LogP contribution is -2.38.